The van der Waals surface area contributed by atoms with E-state index in [9.17, 15) is 0 Å². The first kappa shape index (κ1) is 17.1. The van der Waals surface area contributed by atoms with Crippen molar-refractivity contribution in [3.05, 3.63) is 55.1 Å². The van der Waals surface area contributed by atoms with Crippen molar-refractivity contribution in [1.82, 2.24) is 30.1 Å². The highest BCUT2D eigenvalue weighted by atomic mass is 15.2. The first-order valence-electron chi connectivity index (χ1n) is 10.3. The van der Waals surface area contributed by atoms with Crippen molar-refractivity contribution in [2.24, 2.45) is 0 Å². The first-order chi connectivity index (χ1) is 14.9. The number of nitrogens with zero attached hydrogens (tertiary/aromatic N) is 5. The molecule has 7 heteroatoms. The van der Waals surface area contributed by atoms with E-state index < -0.39 is 0 Å². The van der Waals surface area contributed by atoms with E-state index >= 15 is 0 Å². The molecule has 6 rings (SSSR count). The van der Waals surface area contributed by atoms with E-state index in [1.54, 1.807) is 6.20 Å². The predicted molar refractivity (Wildman–Crippen MR) is 118 cm³/mol. The number of benzene rings is 1. The summed E-state index contributed by atoms with van der Waals surface area (Å²) in [6, 6.07) is 10.3. The Morgan fingerprint density at radius 1 is 0.867 bits per heavy atom. The van der Waals surface area contributed by atoms with Crippen LogP contribution in [0.1, 0.15) is 19.3 Å². The van der Waals surface area contributed by atoms with Gasteiger partial charge in [0.25, 0.3) is 0 Å². The van der Waals surface area contributed by atoms with Crippen LogP contribution in [0.3, 0.4) is 0 Å². The molecular weight excluding hydrogens is 374 g/mol. The van der Waals surface area contributed by atoms with Crippen LogP contribution in [0.5, 0.6) is 0 Å². The van der Waals surface area contributed by atoms with Crippen molar-refractivity contribution >= 4 is 27.6 Å². The molecule has 0 unspecified atom stereocenters. The third-order valence-electron chi connectivity index (χ3n) is 5.85. The van der Waals surface area contributed by atoms with Crippen LogP contribution in [0.15, 0.2) is 55.1 Å². The van der Waals surface area contributed by atoms with E-state index in [1.807, 2.05) is 24.7 Å². The monoisotopic (exact) mass is 395 g/mol. The number of nitrogens with one attached hydrogen (secondary N) is 2. The van der Waals surface area contributed by atoms with Gasteiger partial charge in [-0.15, -0.1) is 0 Å². The molecular formula is C23H21N7. The summed E-state index contributed by atoms with van der Waals surface area (Å²) in [5, 5.41) is 8.74. The summed E-state index contributed by atoms with van der Waals surface area (Å²) in [5.74, 6) is 0.755. The van der Waals surface area contributed by atoms with E-state index in [0.717, 1.165) is 63.4 Å². The second-order valence-electron chi connectivity index (χ2n) is 7.76. The van der Waals surface area contributed by atoms with Crippen molar-refractivity contribution in [3.63, 3.8) is 0 Å². The van der Waals surface area contributed by atoms with Gasteiger partial charge in [0.1, 0.15) is 11.2 Å². The van der Waals surface area contributed by atoms with Crippen molar-refractivity contribution in [2.75, 3.05) is 18.0 Å². The Hall–Kier alpha value is -3.74. The van der Waals surface area contributed by atoms with E-state index in [1.165, 1.54) is 19.3 Å². The maximum Gasteiger partial charge on any atom is 0.159 e. The average Bonchev–Trinajstić information content (AvgIpc) is 3.43. The summed E-state index contributed by atoms with van der Waals surface area (Å²) in [7, 11) is 0. The summed E-state index contributed by atoms with van der Waals surface area (Å²) < 4.78 is 0. The molecule has 4 aromatic heterocycles. The maximum absolute atomic E-state index is 4.95. The molecule has 1 aliphatic heterocycles. The normalized spacial score (nSPS) is 14.6. The molecule has 1 fully saturated rings. The van der Waals surface area contributed by atoms with Gasteiger partial charge in [-0.3, -0.25) is 15.1 Å². The fraction of sp³-hybridized carbons (Fsp3) is 0.217. The first-order valence-corrected chi connectivity index (χ1v) is 10.3. The Balaban J connectivity index is 1.47. The van der Waals surface area contributed by atoms with Gasteiger partial charge in [-0.1, -0.05) is 12.1 Å². The van der Waals surface area contributed by atoms with Crippen molar-refractivity contribution in [2.45, 2.75) is 19.3 Å². The van der Waals surface area contributed by atoms with Crippen LogP contribution >= 0.6 is 0 Å². The molecule has 0 spiro atoms. The number of piperidine rings is 1. The number of imidazole rings is 1. The molecule has 30 heavy (non-hydrogen) atoms. The number of aromatic nitrogens is 6. The molecule has 0 amide bonds. The van der Waals surface area contributed by atoms with E-state index in [2.05, 4.69) is 54.3 Å². The molecule has 0 saturated carbocycles. The molecule has 148 valence electrons. The van der Waals surface area contributed by atoms with Crippen molar-refractivity contribution < 1.29 is 0 Å². The maximum atomic E-state index is 4.95. The average molecular weight is 395 g/mol. The molecule has 5 aromatic rings. The minimum Gasteiger partial charge on any atom is -0.368 e. The van der Waals surface area contributed by atoms with Crippen LogP contribution < -0.4 is 4.90 Å². The molecule has 2 N–H and O–H groups in total. The van der Waals surface area contributed by atoms with Gasteiger partial charge in [-0.25, -0.2) is 4.98 Å². The number of aromatic amines is 2. The van der Waals surface area contributed by atoms with Gasteiger partial charge in [-0.05, 0) is 43.0 Å². The Kier molecular flexibility index (Phi) is 3.97. The highest BCUT2D eigenvalue weighted by molar-refractivity contribution is 5.97. The third kappa shape index (κ3) is 2.82. The molecule has 5 heterocycles. The van der Waals surface area contributed by atoms with Crippen molar-refractivity contribution in [3.8, 4) is 22.6 Å². The van der Waals surface area contributed by atoms with Gasteiger partial charge in [0, 0.05) is 36.4 Å². The molecule has 1 saturated heterocycles. The lowest BCUT2D eigenvalue weighted by Gasteiger charge is -2.28. The van der Waals surface area contributed by atoms with Gasteiger partial charge >= 0.3 is 0 Å². The Bertz CT molecular complexity index is 1330. The second-order valence-corrected chi connectivity index (χ2v) is 7.76. The van der Waals surface area contributed by atoms with E-state index in [4.69, 9.17) is 4.98 Å². The van der Waals surface area contributed by atoms with Gasteiger partial charge in [-0.2, -0.15) is 5.10 Å². The number of rotatable bonds is 3. The summed E-state index contributed by atoms with van der Waals surface area (Å²) >= 11 is 0. The highest BCUT2D eigenvalue weighted by Crippen LogP contribution is 2.32. The molecule has 1 aromatic carbocycles. The number of fused-ring (bicyclic) bond motifs is 2. The zero-order valence-electron chi connectivity index (χ0n) is 16.5. The summed E-state index contributed by atoms with van der Waals surface area (Å²) in [4.78, 5) is 19.5. The number of anilines is 1. The SMILES string of the molecule is c1cncc(-c2ccc3[nH]nc(-c4nc5c(N6CCCCC6)cncc5[nH]4)c3c2)c1. The van der Waals surface area contributed by atoms with E-state index in [0.29, 0.717) is 0 Å². The summed E-state index contributed by atoms with van der Waals surface area (Å²) in [6.07, 6.45) is 11.2. The Morgan fingerprint density at radius 2 is 1.80 bits per heavy atom. The number of H-pyrrole nitrogens is 2. The number of hydrogen-bond donors (Lipinski definition) is 2. The molecule has 0 radical (unpaired) electrons. The van der Waals surface area contributed by atoms with Crippen LogP contribution in [0.4, 0.5) is 5.69 Å². The minimum absolute atomic E-state index is 0.755. The molecule has 0 atom stereocenters. The highest BCUT2D eigenvalue weighted by Gasteiger charge is 2.19. The smallest absolute Gasteiger partial charge is 0.159 e. The topological polar surface area (TPSA) is 86.4 Å². The Morgan fingerprint density at radius 3 is 2.67 bits per heavy atom. The number of hydrogen-bond acceptors (Lipinski definition) is 5. The zero-order chi connectivity index (χ0) is 19.9. The fourth-order valence-electron chi connectivity index (χ4n) is 4.30. The van der Waals surface area contributed by atoms with Gasteiger partial charge in [0.15, 0.2) is 5.82 Å². The summed E-state index contributed by atoms with van der Waals surface area (Å²) in [6.45, 7) is 2.12. The predicted octanol–water partition coefficient (Wildman–Crippen LogP) is 4.55. The van der Waals surface area contributed by atoms with Crippen molar-refractivity contribution in [1.29, 1.82) is 0 Å². The minimum atomic E-state index is 0.755. The molecule has 0 aliphatic carbocycles. The third-order valence-corrected chi connectivity index (χ3v) is 5.85. The molecule has 7 nitrogen and oxygen atoms in total. The fourth-order valence-corrected chi connectivity index (χ4v) is 4.30. The van der Waals surface area contributed by atoms with Gasteiger partial charge in [0.05, 0.1) is 29.1 Å². The number of pyridine rings is 2. The Labute approximate surface area is 173 Å². The van der Waals surface area contributed by atoms with Crippen LogP contribution in [0.25, 0.3) is 44.6 Å². The zero-order valence-corrected chi connectivity index (χ0v) is 16.5. The molecule has 1 aliphatic rings. The standard InChI is InChI=1S/C23H21N7/c1-2-9-30(10-3-1)20-14-25-13-19-22(20)27-23(26-19)21-17-11-15(6-7-18(17)28-29-21)16-5-4-8-24-12-16/h4-8,11-14H,1-3,9-10H2,(H,26,27)(H,28,29). The molecule has 0 bridgehead atoms. The lowest BCUT2D eigenvalue weighted by Crippen LogP contribution is -2.29. The second kappa shape index (κ2) is 6.95. The quantitative estimate of drug-likeness (QED) is 0.468. The van der Waals surface area contributed by atoms with Crippen LogP contribution in [0, 0.1) is 0 Å². The lowest BCUT2D eigenvalue weighted by molar-refractivity contribution is 0.578. The summed E-state index contributed by atoms with van der Waals surface area (Å²) in [5.41, 5.74) is 6.97. The largest absolute Gasteiger partial charge is 0.368 e. The van der Waals surface area contributed by atoms with Crippen LogP contribution in [0.2, 0.25) is 0 Å². The van der Waals surface area contributed by atoms with Gasteiger partial charge in [0.2, 0.25) is 0 Å². The lowest BCUT2D eigenvalue weighted by atomic mass is 10.0. The van der Waals surface area contributed by atoms with Gasteiger partial charge < -0.3 is 9.88 Å². The van der Waals surface area contributed by atoms with Crippen LogP contribution in [-0.4, -0.2) is 43.2 Å². The van der Waals surface area contributed by atoms with Crippen LogP contribution in [-0.2, 0) is 0 Å². The van der Waals surface area contributed by atoms with E-state index in [-0.39, 0.29) is 0 Å².